The summed E-state index contributed by atoms with van der Waals surface area (Å²) in [4.78, 5) is 33.6. The van der Waals surface area contributed by atoms with Crippen LogP contribution in [-0.4, -0.2) is 25.2 Å². The van der Waals surface area contributed by atoms with Crippen molar-refractivity contribution in [3.63, 3.8) is 0 Å². The quantitative estimate of drug-likeness (QED) is 0.434. The second kappa shape index (κ2) is 8.08. The van der Waals surface area contributed by atoms with Gasteiger partial charge in [0.2, 0.25) is 5.95 Å². The van der Waals surface area contributed by atoms with Gasteiger partial charge in [0.25, 0.3) is 5.56 Å². The Labute approximate surface area is 200 Å². The molecule has 0 aliphatic carbocycles. The lowest BCUT2D eigenvalue weighted by atomic mass is 10.1. The van der Waals surface area contributed by atoms with Crippen molar-refractivity contribution in [1.29, 1.82) is 0 Å². The van der Waals surface area contributed by atoms with Gasteiger partial charge in [0.1, 0.15) is 0 Å². The topological polar surface area (TPSA) is 65.1 Å². The van der Waals surface area contributed by atoms with E-state index in [2.05, 4.69) is 36.1 Å². The highest BCUT2D eigenvalue weighted by molar-refractivity contribution is 6.35. The van der Waals surface area contributed by atoms with Crippen LogP contribution in [0.1, 0.15) is 18.1 Å². The molecule has 5 rings (SSSR count). The summed E-state index contributed by atoms with van der Waals surface area (Å²) >= 11 is 12.3. The predicted molar refractivity (Wildman–Crippen MR) is 132 cm³/mol. The van der Waals surface area contributed by atoms with E-state index in [1.165, 1.54) is 14.7 Å². The maximum Gasteiger partial charge on any atom is 0.332 e. The lowest BCUT2D eigenvalue weighted by Crippen LogP contribution is -2.40. The summed E-state index contributed by atoms with van der Waals surface area (Å²) in [5.41, 5.74) is 2.79. The Hall–Kier alpha value is -3.03. The fourth-order valence-electron chi connectivity index (χ4n) is 4.41. The summed E-state index contributed by atoms with van der Waals surface area (Å²) in [7, 11) is 1.64. The SMILES string of the molecule is Cc1ccc(N2C[C@@H](C)Cn3c2nc2c3c(=O)n(Cc3ccc(Cl)cc3Cl)c(=O)n2C)cc1. The first-order chi connectivity index (χ1) is 15.7. The molecule has 0 amide bonds. The second-order valence-corrected chi connectivity index (χ2v) is 9.56. The average molecular weight is 484 g/mol. The van der Waals surface area contributed by atoms with Gasteiger partial charge in [-0.05, 0) is 42.7 Å². The summed E-state index contributed by atoms with van der Waals surface area (Å²) in [5, 5.41) is 0.903. The molecule has 33 heavy (non-hydrogen) atoms. The van der Waals surface area contributed by atoms with Crippen LogP contribution in [0.4, 0.5) is 11.6 Å². The van der Waals surface area contributed by atoms with Gasteiger partial charge < -0.3 is 9.47 Å². The minimum absolute atomic E-state index is 0.0508. The van der Waals surface area contributed by atoms with Crippen molar-refractivity contribution in [3.05, 3.63) is 84.5 Å². The van der Waals surface area contributed by atoms with E-state index in [1.54, 1.807) is 25.2 Å². The number of benzene rings is 2. The first kappa shape index (κ1) is 21.8. The molecule has 2 aromatic carbocycles. The molecule has 0 unspecified atom stereocenters. The molecular formula is C24H23Cl2N5O2. The van der Waals surface area contributed by atoms with Crippen LogP contribution in [0.3, 0.4) is 0 Å². The van der Waals surface area contributed by atoms with Crippen LogP contribution >= 0.6 is 23.2 Å². The van der Waals surface area contributed by atoms with Crippen LogP contribution in [0.5, 0.6) is 0 Å². The molecule has 4 aromatic rings. The summed E-state index contributed by atoms with van der Waals surface area (Å²) in [6.45, 7) is 5.65. The van der Waals surface area contributed by atoms with E-state index in [-0.39, 0.29) is 18.0 Å². The fraction of sp³-hybridized carbons (Fsp3) is 0.292. The van der Waals surface area contributed by atoms with Gasteiger partial charge in [-0.1, -0.05) is 53.9 Å². The maximum absolute atomic E-state index is 13.6. The Morgan fingerprint density at radius 3 is 2.48 bits per heavy atom. The molecule has 170 valence electrons. The third-order valence-electron chi connectivity index (χ3n) is 6.13. The molecule has 1 aliphatic rings. The highest BCUT2D eigenvalue weighted by atomic mass is 35.5. The van der Waals surface area contributed by atoms with Crippen LogP contribution in [0.2, 0.25) is 10.0 Å². The standard InChI is InChI=1S/C24H23Cl2N5O2/c1-14-4-8-18(9-5-14)29-11-15(2)12-30-20-21(27-23(29)30)28(3)24(33)31(22(20)32)13-16-6-7-17(25)10-19(16)26/h4-10,15H,11-13H2,1-3H3/t15-/m1/s1. The number of imidazole rings is 1. The highest BCUT2D eigenvalue weighted by Gasteiger charge is 2.30. The third-order valence-corrected chi connectivity index (χ3v) is 6.72. The maximum atomic E-state index is 13.6. The largest absolute Gasteiger partial charge is 0.332 e. The monoisotopic (exact) mass is 483 g/mol. The number of anilines is 2. The van der Waals surface area contributed by atoms with Crippen LogP contribution < -0.4 is 16.1 Å². The smallest absolute Gasteiger partial charge is 0.312 e. The van der Waals surface area contributed by atoms with Crippen molar-refractivity contribution in [3.8, 4) is 0 Å². The summed E-state index contributed by atoms with van der Waals surface area (Å²) in [5.74, 6) is 0.952. The zero-order valence-electron chi connectivity index (χ0n) is 18.5. The van der Waals surface area contributed by atoms with Crippen molar-refractivity contribution >= 4 is 46.0 Å². The number of hydrogen-bond acceptors (Lipinski definition) is 4. The second-order valence-electron chi connectivity index (χ2n) is 8.71. The van der Waals surface area contributed by atoms with Crippen molar-refractivity contribution in [2.24, 2.45) is 13.0 Å². The third kappa shape index (κ3) is 3.65. The first-order valence-electron chi connectivity index (χ1n) is 10.7. The zero-order chi connectivity index (χ0) is 23.4. The Bertz CT molecular complexity index is 1500. The van der Waals surface area contributed by atoms with E-state index in [0.29, 0.717) is 39.3 Å². The van der Waals surface area contributed by atoms with Gasteiger partial charge in [0.15, 0.2) is 11.2 Å². The Morgan fingerprint density at radius 1 is 1.06 bits per heavy atom. The van der Waals surface area contributed by atoms with Crippen LogP contribution in [0.25, 0.3) is 11.2 Å². The van der Waals surface area contributed by atoms with Crippen molar-refractivity contribution in [2.45, 2.75) is 26.9 Å². The normalized spacial score (nSPS) is 15.8. The number of nitrogens with zero attached hydrogens (tertiary/aromatic N) is 5. The van der Waals surface area contributed by atoms with E-state index in [9.17, 15) is 9.59 Å². The van der Waals surface area contributed by atoms with E-state index in [4.69, 9.17) is 28.2 Å². The highest BCUT2D eigenvalue weighted by Crippen LogP contribution is 2.33. The molecule has 0 saturated carbocycles. The van der Waals surface area contributed by atoms with Gasteiger partial charge in [0.05, 0.1) is 6.54 Å². The number of hydrogen-bond donors (Lipinski definition) is 0. The molecule has 9 heteroatoms. The van der Waals surface area contributed by atoms with Gasteiger partial charge in [-0.15, -0.1) is 0 Å². The Balaban J connectivity index is 1.71. The molecule has 3 heterocycles. The first-order valence-corrected chi connectivity index (χ1v) is 11.5. The van der Waals surface area contributed by atoms with E-state index in [0.717, 1.165) is 12.2 Å². The Morgan fingerprint density at radius 2 is 1.79 bits per heavy atom. The number of halogens is 2. The molecule has 1 aliphatic heterocycles. The van der Waals surface area contributed by atoms with Gasteiger partial charge in [0, 0.05) is 35.9 Å². The van der Waals surface area contributed by atoms with Crippen molar-refractivity contribution in [1.82, 2.24) is 18.7 Å². The van der Waals surface area contributed by atoms with Crippen LogP contribution in [-0.2, 0) is 20.1 Å². The molecule has 0 saturated heterocycles. The summed E-state index contributed by atoms with van der Waals surface area (Å²) in [6.07, 6.45) is 0. The molecule has 0 spiro atoms. The number of aryl methyl sites for hydroxylation is 2. The van der Waals surface area contributed by atoms with Gasteiger partial charge >= 0.3 is 5.69 Å². The molecular weight excluding hydrogens is 461 g/mol. The lowest BCUT2D eigenvalue weighted by Gasteiger charge is -2.33. The van der Waals surface area contributed by atoms with Gasteiger partial charge in [-0.2, -0.15) is 4.98 Å². The molecule has 1 atom stereocenters. The van der Waals surface area contributed by atoms with E-state index >= 15 is 0 Å². The van der Waals surface area contributed by atoms with Crippen molar-refractivity contribution < 1.29 is 0 Å². The molecule has 7 nitrogen and oxygen atoms in total. The predicted octanol–water partition coefficient (Wildman–Crippen LogP) is 4.35. The lowest BCUT2D eigenvalue weighted by molar-refractivity contribution is 0.458. The summed E-state index contributed by atoms with van der Waals surface area (Å²) < 4.78 is 4.58. The zero-order valence-corrected chi connectivity index (χ0v) is 20.1. The fourth-order valence-corrected chi connectivity index (χ4v) is 4.88. The molecule has 0 fully saturated rings. The Kier molecular flexibility index (Phi) is 5.34. The van der Waals surface area contributed by atoms with Crippen LogP contribution in [0.15, 0.2) is 52.1 Å². The molecule has 0 radical (unpaired) electrons. The van der Waals surface area contributed by atoms with Crippen molar-refractivity contribution in [2.75, 3.05) is 11.4 Å². The van der Waals surface area contributed by atoms with Gasteiger partial charge in [-0.25, -0.2) is 4.79 Å². The number of fused-ring (bicyclic) bond motifs is 3. The van der Waals surface area contributed by atoms with Gasteiger partial charge in [-0.3, -0.25) is 13.9 Å². The van der Waals surface area contributed by atoms with Crippen LogP contribution in [0, 0.1) is 12.8 Å². The minimum atomic E-state index is -0.441. The molecule has 0 bridgehead atoms. The number of rotatable bonds is 3. The van der Waals surface area contributed by atoms with E-state index < -0.39 is 5.69 Å². The average Bonchev–Trinajstić information content (AvgIpc) is 3.16. The number of aromatic nitrogens is 4. The van der Waals surface area contributed by atoms with E-state index in [1.807, 2.05) is 11.5 Å². The molecule has 2 aromatic heterocycles. The molecule has 0 N–H and O–H groups in total. The summed E-state index contributed by atoms with van der Waals surface area (Å²) in [6, 6.07) is 13.2. The minimum Gasteiger partial charge on any atom is -0.312 e.